The Hall–Kier alpha value is -1.89. The molecule has 0 amide bonds. The molecule has 0 aliphatic carbocycles. The minimum atomic E-state index is -3.47. The van der Waals surface area contributed by atoms with Crippen LogP contribution in [0.3, 0.4) is 0 Å². The van der Waals surface area contributed by atoms with Crippen molar-refractivity contribution in [3.05, 3.63) is 60.2 Å². The number of sulfonamides is 1. The standard InChI is InChI=1S/C20H25NO4S/c1-24-19-8-5-9-20(14-19)26(22,23)21-12-10-18(11-13-21)16-25-15-17-6-3-2-4-7-17/h2-9,14,18H,10-13,15-16H2,1H3. The fourth-order valence-electron chi connectivity index (χ4n) is 3.14. The molecule has 0 atom stereocenters. The number of hydrogen-bond donors (Lipinski definition) is 0. The molecule has 0 spiro atoms. The second kappa shape index (κ2) is 8.66. The van der Waals surface area contributed by atoms with Gasteiger partial charge in [-0.3, -0.25) is 0 Å². The van der Waals surface area contributed by atoms with Crippen molar-refractivity contribution in [2.75, 3.05) is 26.8 Å². The van der Waals surface area contributed by atoms with Gasteiger partial charge < -0.3 is 9.47 Å². The van der Waals surface area contributed by atoms with Crippen LogP contribution in [0.15, 0.2) is 59.5 Å². The molecular formula is C20H25NO4S. The van der Waals surface area contributed by atoms with Gasteiger partial charge in [0.15, 0.2) is 0 Å². The summed E-state index contributed by atoms with van der Waals surface area (Å²) in [5.74, 6) is 0.950. The number of piperidine rings is 1. The van der Waals surface area contributed by atoms with Crippen molar-refractivity contribution < 1.29 is 17.9 Å². The lowest BCUT2D eigenvalue weighted by Crippen LogP contribution is -2.39. The third kappa shape index (κ3) is 4.63. The molecule has 0 unspecified atom stereocenters. The Bertz CT molecular complexity index is 800. The van der Waals surface area contributed by atoms with Gasteiger partial charge >= 0.3 is 0 Å². The number of rotatable bonds is 7. The van der Waals surface area contributed by atoms with Crippen LogP contribution in [0.5, 0.6) is 5.75 Å². The monoisotopic (exact) mass is 375 g/mol. The van der Waals surface area contributed by atoms with Gasteiger partial charge in [0.05, 0.1) is 18.6 Å². The second-order valence-corrected chi connectivity index (χ2v) is 8.47. The van der Waals surface area contributed by atoms with Gasteiger partial charge in [-0.1, -0.05) is 36.4 Å². The summed E-state index contributed by atoms with van der Waals surface area (Å²) in [6, 6.07) is 16.7. The van der Waals surface area contributed by atoms with Crippen molar-refractivity contribution in [3.63, 3.8) is 0 Å². The molecule has 0 aromatic heterocycles. The molecule has 1 aliphatic rings. The van der Waals surface area contributed by atoms with Crippen molar-refractivity contribution in [3.8, 4) is 5.75 Å². The number of methoxy groups -OCH3 is 1. The topological polar surface area (TPSA) is 55.8 Å². The predicted octanol–water partition coefficient (Wildman–Crippen LogP) is 3.31. The average Bonchev–Trinajstić information content (AvgIpc) is 2.69. The fraction of sp³-hybridized carbons (Fsp3) is 0.400. The molecule has 0 radical (unpaired) electrons. The van der Waals surface area contributed by atoms with Crippen molar-refractivity contribution in [1.82, 2.24) is 4.31 Å². The van der Waals surface area contributed by atoms with E-state index in [1.54, 1.807) is 28.6 Å². The van der Waals surface area contributed by atoms with E-state index in [2.05, 4.69) is 0 Å². The molecule has 1 saturated heterocycles. The van der Waals surface area contributed by atoms with E-state index in [-0.39, 0.29) is 4.90 Å². The molecule has 1 fully saturated rings. The first kappa shape index (κ1) is 18.9. The second-order valence-electron chi connectivity index (χ2n) is 6.53. The van der Waals surface area contributed by atoms with Crippen LogP contribution in [0.25, 0.3) is 0 Å². The Labute approximate surface area is 155 Å². The maximum absolute atomic E-state index is 12.8. The third-order valence-electron chi connectivity index (χ3n) is 4.72. The van der Waals surface area contributed by atoms with Gasteiger partial charge in [-0.15, -0.1) is 0 Å². The van der Waals surface area contributed by atoms with E-state index in [0.717, 1.165) is 18.4 Å². The molecule has 140 valence electrons. The van der Waals surface area contributed by atoms with Crippen LogP contribution < -0.4 is 4.74 Å². The van der Waals surface area contributed by atoms with E-state index in [1.807, 2.05) is 30.3 Å². The van der Waals surface area contributed by atoms with E-state index >= 15 is 0 Å². The van der Waals surface area contributed by atoms with Crippen LogP contribution >= 0.6 is 0 Å². The molecule has 0 N–H and O–H groups in total. The number of hydrogen-bond acceptors (Lipinski definition) is 4. The lowest BCUT2D eigenvalue weighted by Gasteiger charge is -2.31. The molecule has 0 bridgehead atoms. The Morgan fingerprint density at radius 1 is 1.04 bits per heavy atom. The van der Waals surface area contributed by atoms with Crippen molar-refractivity contribution in [1.29, 1.82) is 0 Å². The number of benzene rings is 2. The van der Waals surface area contributed by atoms with Crippen LogP contribution in [0.2, 0.25) is 0 Å². The Morgan fingerprint density at radius 3 is 2.46 bits per heavy atom. The highest BCUT2D eigenvalue weighted by Crippen LogP contribution is 2.26. The summed E-state index contributed by atoms with van der Waals surface area (Å²) >= 11 is 0. The maximum atomic E-state index is 12.8. The summed E-state index contributed by atoms with van der Waals surface area (Å²) in [5.41, 5.74) is 1.16. The normalized spacial score (nSPS) is 16.5. The molecule has 2 aromatic carbocycles. The van der Waals surface area contributed by atoms with Crippen LogP contribution in [0, 0.1) is 5.92 Å². The highest BCUT2D eigenvalue weighted by molar-refractivity contribution is 7.89. The summed E-state index contributed by atoms with van der Waals surface area (Å²) in [6.45, 7) is 2.32. The van der Waals surface area contributed by atoms with Gasteiger partial charge in [0.1, 0.15) is 5.75 Å². The van der Waals surface area contributed by atoms with Gasteiger partial charge in [-0.05, 0) is 36.5 Å². The predicted molar refractivity (Wildman–Crippen MR) is 101 cm³/mol. The molecule has 2 aromatic rings. The summed E-state index contributed by atoms with van der Waals surface area (Å²) in [7, 11) is -1.93. The average molecular weight is 375 g/mol. The van der Waals surface area contributed by atoms with Crippen molar-refractivity contribution in [2.24, 2.45) is 5.92 Å². The molecule has 1 aliphatic heterocycles. The largest absolute Gasteiger partial charge is 0.497 e. The van der Waals surface area contributed by atoms with E-state index < -0.39 is 10.0 Å². The van der Waals surface area contributed by atoms with Gasteiger partial charge in [0, 0.05) is 25.8 Å². The lowest BCUT2D eigenvalue weighted by atomic mass is 9.99. The third-order valence-corrected chi connectivity index (χ3v) is 6.61. The highest BCUT2D eigenvalue weighted by Gasteiger charge is 2.29. The quantitative estimate of drug-likeness (QED) is 0.745. The highest BCUT2D eigenvalue weighted by atomic mass is 32.2. The van der Waals surface area contributed by atoms with Crippen LogP contribution in [-0.4, -0.2) is 39.5 Å². The number of nitrogens with zero attached hydrogens (tertiary/aromatic N) is 1. The maximum Gasteiger partial charge on any atom is 0.243 e. The molecule has 1 heterocycles. The van der Waals surface area contributed by atoms with Crippen LogP contribution in [0.4, 0.5) is 0 Å². The minimum absolute atomic E-state index is 0.288. The van der Waals surface area contributed by atoms with Crippen LogP contribution in [-0.2, 0) is 21.4 Å². The minimum Gasteiger partial charge on any atom is -0.497 e. The van der Waals surface area contributed by atoms with Gasteiger partial charge in [-0.2, -0.15) is 4.31 Å². The van der Waals surface area contributed by atoms with Crippen LogP contribution in [0.1, 0.15) is 18.4 Å². The van der Waals surface area contributed by atoms with E-state index in [4.69, 9.17) is 9.47 Å². The van der Waals surface area contributed by atoms with E-state index in [9.17, 15) is 8.42 Å². The molecule has 0 saturated carbocycles. The zero-order chi connectivity index (χ0) is 18.4. The van der Waals surface area contributed by atoms with Crippen molar-refractivity contribution >= 4 is 10.0 Å². The summed E-state index contributed by atoms with van der Waals surface area (Å²) in [5, 5.41) is 0. The van der Waals surface area contributed by atoms with Gasteiger partial charge in [0.2, 0.25) is 10.0 Å². The van der Waals surface area contributed by atoms with Crippen molar-refractivity contribution in [2.45, 2.75) is 24.3 Å². The van der Waals surface area contributed by atoms with Gasteiger partial charge in [-0.25, -0.2) is 8.42 Å². The van der Waals surface area contributed by atoms with Gasteiger partial charge in [0.25, 0.3) is 0 Å². The first-order valence-electron chi connectivity index (χ1n) is 8.85. The Kier molecular flexibility index (Phi) is 6.29. The summed E-state index contributed by atoms with van der Waals surface area (Å²) in [4.78, 5) is 0.288. The first-order chi connectivity index (χ1) is 12.6. The zero-order valence-corrected chi connectivity index (χ0v) is 15.8. The fourth-order valence-corrected chi connectivity index (χ4v) is 4.65. The Morgan fingerprint density at radius 2 is 1.77 bits per heavy atom. The first-order valence-corrected chi connectivity index (χ1v) is 10.3. The number of ether oxygens (including phenoxy) is 2. The lowest BCUT2D eigenvalue weighted by molar-refractivity contribution is 0.0688. The van der Waals surface area contributed by atoms with E-state index in [0.29, 0.717) is 38.0 Å². The molecule has 26 heavy (non-hydrogen) atoms. The smallest absolute Gasteiger partial charge is 0.243 e. The van der Waals surface area contributed by atoms with E-state index in [1.165, 1.54) is 7.11 Å². The SMILES string of the molecule is COc1cccc(S(=O)(=O)N2CCC(COCc3ccccc3)CC2)c1. The molecule has 3 rings (SSSR count). The molecule has 6 heteroatoms. The Balaban J connectivity index is 1.51. The molecule has 5 nitrogen and oxygen atoms in total. The summed E-state index contributed by atoms with van der Waals surface area (Å²) in [6.07, 6.45) is 1.63. The summed E-state index contributed by atoms with van der Waals surface area (Å²) < 4.78 is 38.1. The molecular weight excluding hydrogens is 350 g/mol. The zero-order valence-electron chi connectivity index (χ0n) is 15.0.